The van der Waals surface area contributed by atoms with Crippen molar-refractivity contribution in [3.8, 4) is 0 Å². The molecule has 0 bridgehead atoms. The minimum absolute atomic E-state index is 0. The molecule has 0 aliphatic carbocycles. The normalized spacial score (nSPS) is 23.4. The molecule has 124 valence electrons. The Kier molecular flexibility index (Phi) is 8.60. The number of hydrogen-bond donors (Lipinski definition) is 1. The summed E-state index contributed by atoms with van der Waals surface area (Å²) in [6.07, 6.45) is 5.52. The van der Waals surface area contributed by atoms with Crippen LogP contribution in [0.4, 0.5) is 0 Å². The first-order valence-corrected chi connectivity index (χ1v) is 8.25. The van der Waals surface area contributed by atoms with Crippen molar-refractivity contribution in [1.82, 2.24) is 10.2 Å². The molecule has 1 unspecified atom stereocenters. The highest BCUT2D eigenvalue weighted by Gasteiger charge is 2.27. The van der Waals surface area contributed by atoms with Crippen LogP contribution in [0.3, 0.4) is 0 Å². The van der Waals surface area contributed by atoms with E-state index in [-0.39, 0.29) is 18.5 Å². The van der Waals surface area contributed by atoms with Crippen LogP contribution < -0.4 is 5.32 Å². The lowest BCUT2D eigenvalue weighted by molar-refractivity contribution is -0.131. The molecule has 2 aliphatic rings. The zero-order chi connectivity index (χ0) is 14.4. The summed E-state index contributed by atoms with van der Waals surface area (Å²) in [5, 5.41) is 3.37. The Hall–Kier alpha value is -0.320. The van der Waals surface area contributed by atoms with Crippen molar-refractivity contribution in [2.24, 2.45) is 11.8 Å². The molecule has 1 amide bonds. The summed E-state index contributed by atoms with van der Waals surface area (Å²) in [4.78, 5) is 14.2. The fraction of sp³-hybridized carbons (Fsp3) is 0.938. The molecule has 2 saturated heterocycles. The van der Waals surface area contributed by atoms with Crippen molar-refractivity contribution in [2.75, 3.05) is 32.8 Å². The molecule has 0 aromatic carbocycles. The Morgan fingerprint density at radius 1 is 1.29 bits per heavy atom. The van der Waals surface area contributed by atoms with Crippen molar-refractivity contribution < 1.29 is 9.53 Å². The number of carbonyl (C=O) groups excluding carboxylic acids is 1. The van der Waals surface area contributed by atoms with Crippen LogP contribution in [-0.4, -0.2) is 49.7 Å². The van der Waals surface area contributed by atoms with Gasteiger partial charge in [0.2, 0.25) is 5.91 Å². The van der Waals surface area contributed by atoms with Crippen LogP contribution in [0.15, 0.2) is 0 Å². The number of hydrogen-bond acceptors (Lipinski definition) is 3. The van der Waals surface area contributed by atoms with Crippen LogP contribution in [-0.2, 0) is 9.53 Å². The highest BCUT2D eigenvalue weighted by Crippen LogP contribution is 2.20. The molecule has 2 aliphatic heterocycles. The summed E-state index contributed by atoms with van der Waals surface area (Å²) >= 11 is 0. The maximum Gasteiger partial charge on any atom is 0.222 e. The first-order chi connectivity index (χ1) is 9.65. The van der Waals surface area contributed by atoms with E-state index in [0.29, 0.717) is 11.8 Å². The average molecular weight is 319 g/mol. The molecule has 21 heavy (non-hydrogen) atoms. The Balaban J connectivity index is 0.00000220. The lowest BCUT2D eigenvalue weighted by atomic mass is 9.93. The van der Waals surface area contributed by atoms with Crippen molar-refractivity contribution >= 4 is 18.3 Å². The molecule has 0 saturated carbocycles. The van der Waals surface area contributed by atoms with Crippen LogP contribution in [0, 0.1) is 11.8 Å². The number of piperidine rings is 1. The third-order valence-corrected chi connectivity index (χ3v) is 4.39. The van der Waals surface area contributed by atoms with Gasteiger partial charge in [0.1, 0.15) is 0 Å². The second-order valence-electron chi connectivity index (χ2n) is 6.71. The minimum atomic E-state index is 0. The van der Waals surface area contributed by atoms with E-state index in [0.717, 1.165) is 58.0 Å². The Labute approximate surface area is 135 Å². The highest BCUT2D eigenvalue weighted by atomic mass is 35.5. The van der Waals surface area contributed by atoms with E-state index in [2.05, 4.69) is 19.2 Å². The SMILES string of the molecule is CC(C)COC1CCN(C(=O)CCC2CCNCC2)C1.Cl. The quantitative estimate of drug-likeness (QED) is 0.818. The molecule has 1 N–H and O–H groups in total. The summed E-state index contributed by atoms with van der Waals surface area (Å²) in [6, 6.07) is 0. The molecular formula is C16H31ClN2O2. The van der Waals surface area contributed by atoms with Crippen molar-refractivity contribution in [1.29, 1.82) is 0 Å². The average Bonchev–Trinajstić information content (AvgIpc) is 2.92. The molecular weight excluding hydrogens is 288 g/mol. The van der Waals surface area contributed by atoms with Crippen LogP contribution >= 0.6 is 12.4 Å². The second kappa shape index (κ2) is 9.65. The van der Waals surface area contributed by atoms with Gasteiger partial charge in [0.15, 0.2) is 0 Å². The van der Waals surface area contributed by atoms with E-state index < -0.39 is 0 Å². The third kappa shape index (κ3) is 6.54. The Bertz CT molecular complexity index is 307. The number of rotatable bonds is 6. The van der Waals surface area contributed by atoms with E-state index in [1.54, 1.807) is 0 Å². The molecule has 0 spiro atoms. The largest absolute Gasteiger partial charge is 0.376 e. The van der Waals surface area contributed by atoms with Crippen LogP contribution in [0.25, 0.3) is 0 Å². The summed E-state index contributed by atoms with van der Waals surface area (Å²) in [5.74, 6) is 1.65. The Morgan fingerprint density at radius 2 is 2.00 bits per heavy atom. The van der Waals surface area contributed by atoms with Crippen molar-refractivity contribution in [3.05, 3.63) is 0 Å². The smallest absolute Gasteiger partial charge is 0.222 e. The third-order valence-electron chi connectivity index (χ3n) is 4.39. The second-order valence-corrected chi connectivity index (χ2v) is 6.71. The maximum absolute atomic E-state index is 12.2. The minimum Gasteiger partial charge on any atom is -0.376 e. The van der Waals surface area contributed by atoms with Gasteiger partial charge in [-0.15, -0.1) is 12.4 Å². The van der Waals surface area contributed by atoms with Gasteiger partial charge in [-0.05, 0) is 50.6 Å². The molecule has 2 rings (SSSR count). The molecule has 5 heteroatoms. The van der Waals surface area contributed by atoms with Gasteiger partial charge in [0.25, 0.3) is 0 Å². The predicted molar refractivity (Wildman–Crippen MR) is 87.9 cm³/mol. The molecule has 0 radical (unpaired) electrons. The predicted octanol–water partition coefficient (Wildman–Crippen LogP) is 2.46. The van der Waals surface area contributed by atoms with Gasteiger partial charge in [-0.3, -0.25) is 4.79 Å². The van der Waals surface area contributed by atoms with E-state index in [1.165, 1.54) is 12.8 Å². The zero-order valence-electron chi connectivity index (χ0n) is 13.5. The molecule has 4 nitrogen and oxygen atoms in total. The van der Waals surface area contributed by atoms with Gasteiger partial charge < -0.3 is 15.0 Å². The first kappa shape index (κ1) is 18.7. The Morgan fingerprint density at radius 3 is 2.67 bits per heavy atom. The fourth-order valence-corrected chi connectivity index (χ4v) is 3.08. The van der Waals surface area contributed by atoms with Gasteiger partial charge in [0.05, 0.1) is 6.10 Å². The van der Waals surface area contributed by atoms with E-state index >= 15 is 0 Å². The van der Waals surface area contributed by atoms with Crippen molar-refractivity contribution in [3.63, 3.8) is 0 Å². The summed E-state index contributed by atoms with van der Waals surface area (Å²) < 4.78 is 5.84. The van der Waals surface area contributed by atoms with Crippen LogP contribution in [0.2, 0.25) is 0 Å². The molecule has 0 aromatic heterocycles. The number of amides is 1. The molecule has 2 fully saturated rings. The standard InChI is InChI=1S/C16H30N2O2.ClH/c1-13(2)12-20-15-7-10-18(11-15)16(19)4-3-14-5-8-17-9-6-14;/h13-15,17H,3-12H2,1-2H3;1H. The van der Waals surface area contributed by atoms with E-state index in [1.807, 2.05) is 4.90 Å². The van der Waals surface area contributed by atoms with Gasteiger partial charge in [0, 0.05) is 26.1 Å². The first-order valence-electron chi connectivity index (χ1n) is 8.25. The van der Waals surface area contributed by atoms with Crippen LogP contribution in [0.5, 0.6) is 0 Å². The number of likely N-dealkylation sites (tertiary alicyclic amines) is 1. The van der Waals surface area contributed by atoms with Gasteiger partial charge in [-0.2, -0.15) is 0 Å². The lowest BCUT2D eigenvalue weighted by Crippen LogP contribution is -2.32. The fourth-order valence-electron chi connectivity index (χ4n) is 3.08. The number of nitrogens with one attached hydrogen (secondary N) is 1. The topological polar surface area (TPSA) is 41.6 Å². The van der Waals surface area contributed by atoms with Crippen LogP contribution in [0.1, 0.15) is 46.0 Å². The molecule has 0 aromatic rings. The van der Waals surface area contributed by atoms with Crippen molar-refractivity contribution in [2.45, 2.75) is 52.1 Å². The van der Waals surface area contributed by atoms with Gasteiger partial charge in [-0.1, -0.05) is 13.8 Å². The van der Waals surface area contributed by atoms with E-state index in [4.69, 9.17) is 4.74 Å². The zero-order valence-corrected chi connectivity index (χ0v) is 14.3. The highest BCUT2D eigenvalue weighted by molar-refractivity contribution is 5.85. The number of carbonyl (C=O) groups is 1. The number of nitrogens with zero attached hydrogens (tertiary/aromatic N) is 1. The summed E-state index contributed by atoms with van der Waals surface area (Å²) in [6.45, 7) is 9.06. The molecule has 1 atom stereocenters. The number of halogens is 1. The van der Waals surface area contributed by atoms with Gasteiger partial charge in [-0.25, -0.2) is 0 Å². The summed E-state index contributed by atoms with van der Waals surface area (Å²) in [5.41, 5.74) is 0. The molecule has 2 heterocycles. The number of ether oxygens (including phenoxy) is 1. The summed E-state index contributed by atoms with van der Waals surface area (Å²) in [7, 11) is 0. The van der Waals surface area contributed by atoms with E-state index in [9.17, 15) is 4.79 Å². The van der Waals surface area contributed by atoms with Gasteiger partial charge >= 0.3 is 0 Å². The monoisotopic (exact) mass is 318 g/mol. The maximum atomic E-state index is 12.2. The lowest BCUT2D eigenvalue weighted by Gasteiger charge is -2.23.